The van der Waals surface area contributed by atoms with E-state index in [1.807, 2.05) is 0 Å². The van der Waals surface area contributed by atoms with Crippen LogP contribution in [0.2, 0.25) is 0 Å². The highest BCUT2D eigenvalue weighted by Crippen LogP contribution is 2.31. The molecule has 0 aromatic heterocycles. The van der Waals surface area contributed by atoms with Crippen molar-refractivity contribution in [3.63, 3.8) is 0 Å². The van der Waals surface area contributed by atoms with Gasteiger partial charge < -0.3 is 5.73 Å². The van der Waals surface area contributed by atoms with Gasteiger partial charge in [0.25, 0.3) is 0 Å². The van der Waals surface area contributed by atoms with Crippen molar-refractivity contribution in [1.82, 2.24) is 4.31 Å². The van der Waals surface area contributed by atoms with Crippen molar-refractivity contribution in [1.29, 1.82) is 0 Å². The zero-order valence-corrected chi connectivity index (χ0v) is 8.81. The Hall–Kier alpha value is -0.340. The van der Waals surface area contributed by atoms with Crippen LogP contribution in [-0.2, 0) is 10.0 Å². The number of sulfonamides is 1. The molecule has 1 atom stereocenters. The zero-order valence-electron chi connectivity index (χ0n) is 8.00. The van der Waals surface area contributed by atoms with Gasteiger partial charge in [0.05, 0.1) is 5.75 Å². The Morgan fingerprint density at radius 1 is 1.40 bits per heavy atom. The highest BCUT2D eigenvalue weighted by Gasteiger charge is 2.48. The summed E-state index contributed by atoms with van der Waals surface area (Å²) in [6.45, 7) is -0.247. The SMILES string of the molecule is NCCC(N1CCCS1(=O)=O)C(F)(F)F. The Morgan fingerprint density at radius 3 is 2.33 bits per heavy atom. The maximum Gasteiger partial charge on any atom is 0.405 e. The minimum absolute atomic E-state index is 0.0630. The third-order valence-corrected chi connectivity index (χ3v) is 4.26. The minimum atomic E-state index is -4.54. The number of hydrogen-bond donors (Lipinski definition) is 1. The summed E-state index contributed by atoms with van der Waals surface area (Å²) in [5.41, 5.74) is 5.06. The molecule has 15 heavy (non-hydrogen) atoms. The third-order valence-electron chi connectivity index (χ3n) is 2.30. The van der Waals surface area contributed by atoms with Crippen molar-refractivity contribution in [3.8, 4) is 0 Å². The Bertz CT molecular complexity index is 315. The smallest absolute Gasteiger partial charge is 0.330 e. The Balaban J connectivity index is 2.90. The zero-order chi connectivity index (χ0) is 11.7. The molecule has 0 aliphatic carbocycles. The molecule has 0 spiro atoms. The van der Waals surface area contributed by atoms with Crippen LogP contribution in [0, 0.1) is 0 Å². The Labute approximate surface area is 86.3 Å². The number of hydrogen-bond acceptors (Lipinski definition) is 3. The van der Waals surface area contributed by atoms with Crippen molar-refractivity contribution in [2.75, 3.05) is 18.8 Å². The van der Waals surface area contributed by atoms with Gasteiger partial charge in [-0.3, -0.25) is 0 Å². The lowest BCUT2D eigenvalue weighted by molar-refractivity contribution is -0.171. The summed E-state index contributed by atoms with van der Waals surface area (Å²) in [7, 11) is -3.73. The number of halogens is 3. The lowest BCUT2D eigenvalue weighted by atomic mass is 10.2. The van der Waals surface area contributed by atoms with Crippen LogP contribution in [0.3, 0.4) is 0 Å². The molecule has 0 saturated carbocycles. The quantitative estimate of drug-likeness (QED) is 0.779. The van der Waals surface area contributed by atoms with Crippen molar-refractivity contribution >= 4 is 10.0 Å². The molecule has 0 amide bonds. The number of rotatable bonds is 3. The van der Waals surface area contributed by atoms with Gasteiger partial charge in [-0.05, 0) is 19.4 Å². The molecule has 1 heterocycles. The molecule has 1 aliphatic heterocycles. The summed E-state index contributed by atoms with van der Waals surface area (Å²) in [6, 6.07) is -1.96. The molecule has 0 radical (unpaired) electrons. The van der Waals surface area contributed by atoms with E-state index in [4.69, 9.17) is 5.73 Å². The average molecular weight is 246 g/mol. The number of nitrogens with two attached hydrogens (primary N) is 1. The first-order chi connectivity index (χ1) is 6.79. The lowest BCUT2D eigenvalue weighted by Gasteiger charge is -2.27. The lowest BCUT2D eigenvalue weighted by Crippen LogP contribution is -2.47. The second kappa shape index (κ2) is 4.26. The summed E-state index contributed by atoms with van der Waals surface area (Å²) >= 11 is 0. The first-order valence-electron chi connectivity index (χ1n) is 4.55. The molecule has 1 aliphatic rings. The highest BCUT2D eigenvalue weighted by molar-refractivity contribution is 7.89. The highest BCUT2D eigenvalue weighted by atomic mass is 32.2. The van der Waals surface area contributed by atoms with Crippen molar-refractivity contribution in [3.05, 3.63) is 0 Å². The molecule has 90 valence electrons. The second-order valence-corrected chi connectivity index (χ2v) is 5.46. The molecule has 1 rings (SSSR count). The van der Waals surface area contributed by atoms with Gasteiger partial charge in [-0.15, -0.1) is 0 Å². The van der Waals surface area contributed by atoms with Crippen molar-refractivity contribution < 1.29 is 21.6 Å². The average Bonchev–Trinajstić information content (AvgIpc) is 2.39. The van der Waals surface area contributed by atoms with E-state index in [1.54, 1.807) is 0 Å². The van der Waals surface area contributed by atoms with E-state index < -0.39 is 22.2 Å². The Kier molecular flexibility index (Phi) is 3.62. The molecule has 8 heteroatoms. The molecule has 1 fully saturated rings. The van der Waals surface area contributed by atoms with Crippen LogP contribution in [0.1, 0.15) is 12.8 Å². The molecular formula is C7H13F3N2O2S. The monoisotopic (exact) mass is 246 g/mol. The maximum absolute atomic E-state index is 12.5. The molecule has 0 bridgehead atoms. The topological polar surface area (TPSA) is 63.4 Å². The Morgan fingerprint density at radius 2 is 2.00 bits per heavy atom. The largest absolute Gasteiger partial charge is 0.405 e. The fraction of sp³-hybridized carbons (Fsp3) is 1.00. The van der Waals surface area contributed by atoms with E-state index in [2.05, 4.69) is 0 Å². The van der Waals surface area contributed by atoms with Crippen LogP contribution in [-0.4, -0.2) is 43.8 Å². The number of alkyl halides is 3. The molecule has 2 N–H and O–H groups in total. The summed E-state index contributed by atoms with van der Waals surface area (Å²) < 4.78 is 60.8. The normalized spacial score (nSPS) is 24.3. The van der Waals surface area contributed by atoms with Crippen LogP contribution in [0.25, 0.3) is 0 Å². The van der Waals surface area contributed by atoms with Gasteiger partial charge in [-0.2, -0.15) is 17.5 Å². The van der Waals surface area contributed by atoms with Gasteiger partial charge >= 0.3 is 6.18 Å². The van der Waals surface area contributed by atoms with Gasteiger partial charge in [0, 0.05) is 6.54 Å². The molecule has 1 unspecified atom stereocenters. The van der Waals surface area contributed by atoms with Crippen LogP contribution in [0.4, 0.5) is 13.2 Å². The summed E-state index contributed by atoms with van der Waals surface area (Å²) in [4.78, 5) is 0. The van der Waals surface area contributed by atoms with Crippen LogP contribution in [0.5, 0.6) is 0 Å². The van der Waals surface area contributed by atoms with Crippen LogP contribution in [0.15, 0.2) is 0 Å². The number of nitrogens with zero attached hydrogens (tertiary/aromatic N) is 1. The maximum atomic E-state index is 12.5. The van der Waals surface area contributed by atoms with Crippen molar-refractivity contribution in [2.45, 2.75) is 25.1 Å². The molecular weight excluding hydrogens is 233 g/mol. The predicted octanol–water partition coefficient (Wildman–Crippen LogP) is 0.302. The fourth-order valence-electron chi connectivity index (χ4n) is 1.64. The van der Waals surface area contributed by atoms with Gasteiger partial charge in [0.15, 0.2) is 0 Å². The molecule has 0 aromatic carbocycles. The van der Waals surface area contributed by atoms with Crippen LogP contribution < -0.4 is 5.73 Å². The van der Waals surface area contributed by atoms with E-state index in [-0.39, 0.29) is 31.7 Å². The van der Waals surface area contributed by atoms with Gasteiger partial charge in [0.2, 0.25) is 10.0 Å². The molecule has 1 saturated heterocycles. The fourth-order valence-corrected chi connectivity index (χ4v) is 3.39. The first-order valence-corrected chi connectivity index (χ1v) is 6.16. The van der Waals surface area contributed by atoms with E-state index in [1.165, 1.54) is 0 Å². The van der Waals surface area contributed by atoms with E-state index in [0.29, 0.717) is 4.31 Å². The first kappa shape index (κ1) is 12.7. The molecule has 4 nitrogen and oxygen atoms in total. The summed E-state index contributed by atoms with van der Waals surface area (Å²) in [5.74, 6) is -0.204. The van der Waals surface area contributed by atoms with Crippen LogP contribution >= 0.6 is 0 Å². The second-order valence-electron chi connectivity index (χ2n) is 3.42. The van der Waals surface area contributed by atoms with Gasteiger partial charge in [-0.25, -0.2) is 8.42 Å². The van der Waals surface area contributed by atoms with Crippen molar-refractivity contribution in [2.24, 2.45) is 5.73 Å². The summed E-state index contributed by atoms with van der Waals surface area (Å²) in [6.07, 6.45) is -4.68. The van der Waals surface area contributed by atoms with E-state index in [9.17, 15) is 21.6 Å². The third kappa shape index (κ3) is 2.82. The van der Waals surface area contributed by atoms with E-state index >= 15 is 0 Å². The van der Waals surface area contributed by atoms with Gasteiger partial charge in [-0.1, -0.05) is 0 Å². The minimum Gasteiger partial charge on any atom is -0.330 e. The van der Waals surface area contributed by atoms with Gasteiger partial charge in [0.1, 0.15) is 6.04 Å². The predicted molar refractivity (Wildman–Crippen MR) is 48.6 cm³/mol. The molecule has 0 aromatic rings. The summed E-state index contributed by atoms with van der Waals surface area (Å²) in [5, 5.41) is 0. The standard InChI is InChI=1S/C7H13F3N2O2S/c8-7(9,10)6(2-3-11)12-4-1-5-15(12,13)14/h6H,1-5,11H2. The van der Waals surface area contributed by atoms with E-state index in [0.717, 1.165) is 0 Å².